The Kier molecular flexibility index (Phi) is 5.67. The van der Waals surface area contributed by atoms with Crippen molar-refractivity contribution in [2.75, 3.05) is 25.6 Å². The first-order valence-electron chi connectivity index (χ1n) is 3.06. The molecule has 0 heterocycles. The first kappa shape index (κ1) is 9.94. The fourth-order valence-electron chi connectivity index (χ4n) is 0.600. The van der Waals surface area contributed by atoms with Gasteiger partial charge >= 0.3 is 0 Å². The highest BCUT2D eigenvalue weighted by Crippen LogP contribution is 1.97. The molecule has 0 unspecified atom stereocenters. The van der Waals surface area contributed by atoms with Crippen LogP contribution in [0, 0.1) is 0 Å². The third kappa shape index (κ3) is 4.78. The minimum atomic E-state index is 1.01. The molecule has 0 amide bonds. The smallest absolute Gasteiger partial charge is 0.0277 e. The van der Waals surface area contributed by atoms with Crippen molar-refractivity contribution in [1.29, 1.82) is 0 Å². The van der Waals surface area contributed by atoms with E-state index in [-0.39, 0.29) is 0 Å². The van der Waals surface area contributed by atoms with Crippen LogP contribution in [0.3, 0.4) is 0 Å². The lowest BCUT2D eigenvalue weighted by molar-refractivity contribution is 0.561. The van der Waals surface area contributed by atoms with Gasteiger partial charge in [-0.1, -0.05) is 22.6 Å². The molecule has 0 rings (SSSR count). The van der Waals surface area contributed by atoms with E-state index in [1.807, 2.05) is 25.2 Å². The van der Waals surface area contributed by atoms with Gasteiger partial charge in [-0.3, -0.25) is 4.99 Å². The molecule has 0 radical (unpaired) electrons. The van der Waals surface area contributed by atoms with Gasteiger partial charge in [0, 0.05) is 38.0 Å². The predicted octanol–water partition coefficient (Wildman–Crippen LogP) is 1.57. The second-order valence-electron chi connectivity index (χ2n) is 2.19. The number of halogens is 1. The van der Waals surface area contributed by atoms with Gasteiger partial charge in [-0.2, -0.15) is 0 Å². The van der Waals surface area contributed by atoms with Gasteiger partial charge in [0.05, 0.1) is 0 Å². The SMILES string of the molecule is CN=CC(=CN(C)C)CI. The summed E-state index contributed by atoms with van der Waals surface area (Å²) in [5, 5.41) is 0. The van der Waals surface area contributed by atoms with Gasteiger partial charge < -0.3 is 4.90 Å². The third-order valence-corrected chi connectivity index (χ3v) is 1.75. The van der Waals surface area contributed by atoms with Crippen LogP contribution in [0.25, 0.3) is 0 Å². The summed E-state index contributed by atoms with van der Waals surface area (Å²) in [6, 6.07) is 0. The third-order valence-electron chi connectivity index (χ3n) is 0.873. The van der Waals surface area contributed by atoms with Crippen LogP contribution in [0.1, 0.15) is 0 Å². The van der Waals surface area contributed by atoms with E-state index in [1.54, 1.807) is 7.05 Å². The molecule has 2 nitrogen and oxygen atoms in total. The van der Waals surface area contributed by atoms with Gasteiger partial charge in [-0.05, 0) is 5.57 Å². The molecule has 58 valence electrons. The van der Waals surface area contributed by atoms with Gasteiger partial charge in [0.15, 0.2) is 0 Å². The number of allylic oxidation sites excluding steroid dienone is 1. The van der Waals surface area contributed by atoms with Crippen molar-refractivity contribution >= 4 is 28.8 Å². The van der Waals surface area contributed by atoms with Crippen LogP contribution in [-0.2, 0) is 0 Å². The lowest BCUT2D eigenvalue weighted by Gasteiger charge is -2.05. The molecule has 0 fully saturated rings. The molecular formula is C7H13IN2. The molecular weight excluding hydrogens is 239 g/mol. The highest BCUT2D eigenvalue weighted by atomic mass is 127. The van der Waals surface area contributed by atoms with Gasteiger partial charge in [-0.15, -0.1) is 0 Å². The number of nitrogens with zero attached hydrogens (tertiary/aromatic N) is 2. The maximum atomic E-state index is 3.94. The van der Waals surface area contributed by atoms with Crippen LogP contribution in [0.5, 0.6) is 0 Å². The predicted molar refractivity (Wildman–Crippen MR) is 55.1 cm³/mol. The highest BCUT2D eigenvalue weighted by Gasteiger charge is 1.88. The second kappa shape index (κ2) is 5.70. The van der Waals surface area contributed by atoms with Crippen molar-refractivity contribution < 1.29 is 0 Å². The first-order valence-corrected chi connectivity index (χ1v) is 4.58. The monoisotopic (exact) mass is 252 g/mol. The Morgan fingerprint density at radius 3 is 2.50 bits per heavy atom. The molecule has 0 aliphatic carbocycles. The normalized spacial score (nSPS) is 12.6. The van der Waals surface area contributed by atoms with E-state index < -0.39 is 0 Å². The summed E-state index contributed by atoms with van der Waals surface area (Å²) in [7, 11) is 5.81. The molecule has 0 atom stereocenters. The summed E-state index contributed by atoms with van der Waals surface area (Å²) in [6.45, 7) is 0. The molecule has 3 heteroatoms. The molecule has 0 saturated carbocycles. The minimum Gasteiger partial charge on any atom is -0.383 e. The zero-order chi connectivity index (χ0) is 7.98. The van der Waals surface area contributed by atoms with E-state index in [0.717, 1.165) is 4.43 Å². The number of rotatable bonds is 3. The molecule has 0 spiro atoms. The van der Waals surface area contributed by atoms with E-state index in [1.165, 1.54) is 5.57 Å². The van der Waals surface area contributed by atoms with Gasteiger partial charge in [0.25, 0.3) is 0 Å². The first-order chi connectivity index (χ1) is 4.70. The summed E-state index contributed by atoms with van der Waals surface area (Å²) >= 11 is 2.32. The van der Waals surface area contributed by atoms with E-state index in [2.05, 4.69) is 33.8 Å². The number of hydrogen-bond donors (Lipinski definition) is 0. The van der Waals surface area contributed by atoms with Crippen LogP contribution in [0.15, 0.2) is 16.8 Å². The van der Waals surface area contributed by atoms with Gasteiger partial charge in [-0.25, -0.2) is 0 Å². The maximum Gasteiger partial charge on any atom is 0.0277 e. The maximum absolute atomic E-state index is 3.94. The largest absolute Gasteiger partial charge is 0.383 e. The minimum absolute atomic E-state index is 1.01. The van der Waals surface area contributed by atoms with Crippen molar-refractivity contribution in [2.45, 2.75) is 0 Å². The van der Waals surface area contributed by atoms with Crippen LogP contribution >= 0.6 is 22.6 Å². The standard InChI is InChI=1S/C7H13IN2/c1-9-5-7(4-8)6-10(2)3/h5-6H,4H2,1-3H3. The lowest BCUT2D eigenvalue weighted by atomic mass is 10.3. The molecule has 0 aliphatic heterocycles. The Morgan fingerprint density at radius 1 is 1.60 bits per heavy atom. The van der Waals surface area contributed by atoms with E-state index in [0.29, 0.717) is 0 Å². The molecule has 10 heavy (non-hydrogen) atoms. The van der Waals surface area contributed by atoms with Crippen LogP contribution in [-0.4, -0.2) is 36.7 Å². The Bertz CT molecular complexity index is 139. The van der Waals surface area contributed by atoms with Crippen molar-refractivity contribution in [3.8, 4) is 0 Å². The van der Waals surface area contributed by atoms with E-state index in [9.17, 15) is 0 Å². The zero-order valence-electron chi connectivity index (χ0n) is 6.63. The summed E-state index contributed by atoms with van der Waals surface area (Å²) in [6.07, 6.45) is 3.95. The molecule has 0 aliphatic rings. The highest BCUT2D eigenvalue weighted by molar-refractivity contribution is 14.1. The summed E-state index contributed by atoms with van der Waals surface area (Å²) in [5.74, 6) is 0. The van der Waals surface area contributed by atoms with Crippen LogP contribution < -0.4 is 0 Å². The van der Waals surface area contributed by atoms with E-state index in [4.69, 9.17) is 0 Å². The fourth-order valence-corrected chi connectivity index (χ4v) is 0.994. The zero-order valence-corrected chi connectivity index (χ0v) is 8.79. The van der Waals surface area contributed by atoms with Crippen molar-refractivity contribution in [1.82, 2.24) is 4.90 Å². The average molecular weight is 252 g/mol. The second-order valence-corrected chi connectivity index (χ2v) is 2.95. The molecule has 0 N–H and O–H groups in total. The number of hydrogen-bond acceptors (Lipinski definition) is 2. The Labute approximate surface area is 76.2 Å². The molecule has 0 saturated heterocycles. The van der Waals surface area contributed by atoms with Gasteiger partial charge in [0.2, 0.25) is 0 Å². The van der Waals surface area contributed by atoms with Crippen molar-refractivity contribution in [3.63, 3.8) is 0 Å². The lowest BCUT2D eigenvalue weighted by Crippen LogP contribution is -2.04. The molecule has 0 aromatic heterocycles. The molecule has 0 aromatic rings. The van der Waals surface area contributed by atoms with Crippen molar-refractivity contribution in [3.05, 3.63) is 11.8 Å². The van der Waals surface area contributed by atoms with Crippen LogP contribution in [0.2, 0.25) is 0 Å². The average Bonchev–Trinajstić information content (AvgIpc) is 1.86. The fraction of sp³-hybridized carbons (Fsp3) is 0.571. The molecule has 0 bridgehead atoms. The summed E-state index contributed by atoms with van der Waals surface area (Å²) < 4.78 is 1.01. The van der Waals surface area contributed by atoms with Gasteiger partial charge in [0.1, 0.15) is 0 Å². The summed E-state index contributed by atoms with van der Waals surface area (Å²) in [4.78, 5) is 5.96. The number of alkyl halides is 1. The Morgan fingerprint density at radius 2 is 2.20 bits per heavy atom. The number of aliphatic imine (C=N–C) groups is 1. The quantitative estimate of drug-likeness (QED) is 0.423. The summed E-state index contributed by atoms with van der Waals surface area (Å²) in [5.41, 5.74) is 1.24. The van der Waals surface area contributed by atoms with Crippen LogP contribution in [0.4, 0.5) is 0 Å². The van der Waals surface area contributed by atoms with E-state index >= 15 is 0 Å². The van der Waals surface area contributed by atoms with Crippen molar-refractivity contribution in [2.24, 2.45) is 4.99 Å². The Hall–Kier alpha value is -0.0600. The molecule has 0 aromatic carbocycles. The topological polar surface area (TPSA) is 15.6 Å². The Balaban J connectivity index is 4.04.